The van der Waals surface area contributed by atoms with E-state index in [9.17, 15) is 18.0 Å². The Kier molecular flexibility index (Phi) is 5.86. The van der Waals surface area contributed by atoms with E-state index < -0.39 is 22.0 Å². The van der Waals surface area contributed by atoms with Crippen molar-refractivity contribution in [2.24, 2.45) is 0 Å². The summed E-state index contributed by atoms with van der Waals surface area (Å²) >= 11 is 0. The third kappa shape index (κ3) is 4.01. The van der Waals surface area contributed by atoms with Crippen LogP contribution in [0.2, 0.25) is 0 Å². The van der Waals surface area contributed by atoms with Gasteiger partial charge in [0.05, 0.1) is 4.90 Å². The lowest BCUT2D eigenvalue weighted by molar-refractivity contribution is -0.139. The smallest absolute Gasteiger partial charge is 0.267 e. The van der Waals surface area contributed by atoms with Crippen molar-refractivity contribution >= 4 is 21.8 Å². The molecule has 0 saturated carbocycles. The molecule has 0 spiro atoms. The first-order valence-corrected chi connectivity index (χ1v) is 10.9. The fourth-order valence-electron chi connectivity index (χ4n) is 3.73. The lowest BCUT2D eigenvalue weighted by atomic mass is 10.2. The minimum Gasteiger partial charge on any atom is -0.338 e. The molecule has 1 aromatic carbocycles. The highest BCUT2D eigenvalue weighted by Gasteiger charge is 2.45. The van der Waals surface area contributed by atoms with E-state index in [1.54, 1.807) is 17.0 Å². The zero-order valence-electron chi connectivity index (χ0n) is 15.9. The molecule has 2 saturated heterocycles. The molecule has 0 aliphatic carbocycles. The molecule has 2 aliphatic rings. The van der Waals surface area contributed by atoms with Crippen molar-refractivity contribution in [2.75, 3.05) is 32.7 Å². The maximum atomic E-state index is 13.0. The number of hydrogen-bond donors (Lipinski definition) is 0. The van der Waals surface area contributed by atoms with Crippen LogP contribution in [0.5, 0.6) is 0 Å². The first kappa shape index (κ1) is 19.8. The highest BCUT2D eigenvalue weighted by atomic mass is 32.2. The zero-order chi connectivity index (χ0) is 19.6. The summed E-state index contributed by atoms with van der Waals surface area (Å²) in [4.78, 5) is 29.4. The second-order valence-electron chi connectivity index (χ2n) is 7.23. The number of benzene rings is 1. The van der Waals surface area contributed by atoms with Gasteiger partial charge in [-0.3, -0.25) is 14.5 Å². The van der Waals surface area contributed by atoms with Crippen LogP contribution in [0.25, 0.3) is 0 Å². The van der Waals surface area contributed by atoms with Crippen molar-refractivity contribution in [1.82, 2.24) is 14.1 Å². The lowest BCUT2D eigenvalue weighted by Crippen LogP contribution is -2.54. The number of carbonyl (C=O) groups is 2. The fraction of sp³-hybridized carbons (Fsp3) is 0.579. The number of carbonyl (C=O) groups excluding carboxylic acids is 2. The second kappa shape index (κ2) is 7.98. The molecule has 0 radical (unpaired) electrons. The molecule has 148 valence electrons. The number of piperazine rings is 1. The first-order chi connectivity index (χ1) is 12.8. The van der Waals surface area contributed by atoms with Crippen molar-refractivity contribution in [3.63, 3.8) is 0 Å². The Hall–Kier alpha value is -1.93. The monoisotopic (exact) mass is 393 g/mol. The summed E-state index contributed by atoms with van der Waals surface area (Å²) in [5.74, 6) is -0.758. The van der Waals surface area contributed by atoms with E-state index in [-0.39, 0.29) is 23.6 Å². The minimum atomic E-state index is -4.03. The van der Waals surface area contributed by atoms with Gasteiger partial charge in [0.1, 0.15) is 6.04 Å². The average molecular weight is 394 g/mol. The molecule has 0 bridgehead atoms. The van der Waals surface area contributed by atoms with Crippen LogP contribution >= 0.6 is 0 Å². The Morgan fingerprint density at radius 2 is 1.74 bits per heavy atom. The number of rotatable bonds is 5. The number of nitrogens with zero attached hydrogens (tertiary/aromatic N) is 3. The van der Waals surface area contributed by atoms with E-state index in [1.807, 2.05) is 6.92 Å². The van der Waals surface area contributed by atoms with Crippen molar-refractivity contribution in [3.05, 3.63) is 29.8 Å². The summed E-state index contributed by atoms with van der Waals surface area (Å²) in [6.45, 7) is 7.69. The van der Waals surface area contributed by atoms with Crippen LogP contribution in [-0.4, -0.2) is 73.1 Å². The van der Waals surface area contributed by atoms with Crippen molar-refractivity contribution in [2.45, 2.75) is 44.0 Å². The standard InChI is InChI=1S/C19H27N3O4S/c1-3-10-20-11-13-21(14-12-20)19(24)17-8-9-18(23)22(17)27(25,26)16-6-4-15(2)5-7-16/h4-7,17H,3,8-14H2,1-2H3. The van der Waals surface area contributed by atoms with Gasteiger partial charge < -0.3 is 4.90 Å². The van der Waals surface area contributed by atoms with Crippen LogP contribution in [0.4, 0.5) is 0 Å². The summed E-state index contributed by atoms with van der Waals surface area (Å²) < 4.78 is 26.9. The van der Waals surface area contributed by atoms with E-state index in [4.69, 9.17) is 0 Å². The third-order valence-corrected chi connectivity index (χ3v) is 7.09. The first-order valence-electron chi connectivity index (χ1n) is 9.49. The van der Waals surface area contributed by atoms with Crippen molar-refractivity contribution in [3.8, 4) is 0 Å². The van der Waals surface area contributed by atoms with Crippen LogP contribution in [0.3, 0.4) is 0 Å². The lowest BCUT2D eigenvalue weighted by Gasteiger charge is -2.37. The molecule has 8 heteroatoms. The van der Waals surface area contributed by atoms with Crippen LogP contribution < -0.4 is 0 Å². The van der Waals surface area contributed by atoms with Crippen LogP contribution in [-0.2, 0) is 19.6 Å². The SMILES string of the molecule is CCCN1CCN(C(=O)C2CCC(=O)N2S(=O)(=O)c2ccc(C)cc2)CC1. The Balaban J connectivity index is 1.78. The predicted molar refractivity (Wildman–Crippen MR) is 102 cm³/mol. The summed E-state index contributed by atoms with van der Waals surface area (Å²) in [5, 5.41) is 0. The molecule has 0 N–H and O–H groups in total. The van der Waals surface area contributed by atoms with Gasteiger partial charge in [0, 0.05) is 32.6 Å². The van der Waals surface area contributed by atoms with Crippen LogP contribution in [0.15, 0.2) is 29.2 Å². The largest absolute Gasteiger partial charge is 0.338 e. The maximum absolute atomic E-state index is 13.0. The Morgan fingerprint density at radius 3 is 2.33 bits per heavy atom. The molecule has 1 atom stereocenters. The van der Waals surface area contributed by atoms with Crippen LogP contribution in [0, 0.1) is 6.92 Å². The molecule has 2 heterocycles. The summed E-state index contributed by atoms with van der Waals surface area (Å²) in [6, 6.07) is 5.43. The third-order valence-electron chi connectivity index (χ3n) is 5.25. The maximum Gasteiger partial charge on any atom is 0.267 e. The zero-order valence-corrected chi connectivity index (χ0v) is 16.7. The van der Waals surface area contributed by atoms with Gasteiger partial charge in [-0.25, -0.2) is 12.7 Å². The molecule has 2 aliphatic heterocycles. The molecule has 1 unspecified atom stereocenters. The average Bonchev–Trinajstić information content (AvgIpc) is 3.05. The molecule has 7 nitrogen and oxygen atoms in total. The molecule has 2 amide bonds. The fourth-order valence-corrected chi connectivity index (χ4v) is 5.33. The highest BCUT2D eigenvalue weighted by molar-refractivity contribution is 7.89. The van der Waals surface area contributed by atoms with Gasteiger partial charge in [-0.2, -0.15) is 0 Å². The van der Waals surface area contributed by atoms with Crippen LogP contribution in [0.1, 0.15) is 31.7 Å². The number of sulfonamides is 1. The minimum absolute atomic E-state index is 0.0499. The number of aryl methyl sites for hydroxylation is 1. The molecule has 0 aromatic heterocycles. The quantitative estimate of drug-likeness (QED) is 0.752. The molecule has 2 fully saturated rings. The Bertz CT molecular complexity index is 799. The van der Waals surface area contributed by atoms with Gasteiger partial charge in [-0.05, 0) is 38.4 Å². The van der Waals surface area contributed by atoms with Gasteiger partial charge >= 0.3 is 0 Å². The normalized spacial score (nSPS) is 21.7. The van der Waals surface area contributed by atoms with E-state index in [1.165, 1.54) is 12.1 Å². The van der Waals surface area contributed by atoms with Gasteiger partial charge in [-0.15, -0.1) is 0 Å². The highest BCUT2D eigenvalue weighted by Crippen LogP contribution is 2.29. The van der Waals surface area contributed by atoms with Gasteiger partial charge in [0.2, 0.25) is 11.8 Å². The van der Waals surface area contributed by atoms with E-state index in [2.05, 4.69) is 11.8 Å². The molecule has 1 aromatic rings. The Morgan fingerprint density at radius 1 is 1.11 bits per heavy atom. The Labute approximate surface area is 161 Å². The number of hydrogen-bond acceptors (Lipinski definition) is 5. The predicted octanol–water partition coefficient (Wildman–Crippen LogP) is 1.23. The topological polar surface area (TPSA) is 78.0 Å². The molecular formula is C19H27N3O4S. The van der Waals surface area contributed by atoms with Crippen molar-refractivity contribution in [1.29, 1.82) is 0 Å². The van der Waals surface area contributed by atoms with Gasteiger partial charge in [0.25, 0.3) is 10.0 Å². The number of amides is 2. The summed E-state index contributed by atoms with van der Waals surface area (Å²) in [6.07, 6.45) is 1.39. The second-order valence-corrected chi connectivity index (χ2v) is 9.04. The molecular weight excluding hydrogens is 366 g/mol. The summed E-state index contributed by atoms with van der Waals surface area (Å²) in [5.41, 5.74) is 0.930. The summed E-state index contributed by atoms with van der Waals surface area (Å²) in [7, 11) is -4.03. The molecule has 3 rings (SSSR count). The van der Waals surface area contributed by atoms with Crippen molar-refractivity contribution < 1.29 is 18.0 Å². The molecule has 27 heavy (non-hydrogen) atoms. The van der Waals surface area contributed by atoms with E-state index in [0.29, 0.717) is 13.1 Å². The van der Waals surface area contributed by atoms with E-state index >= 15 is 0 Å². The van der Waals surface area contributed by atoms with Gasteiger partial charge in [-0.1, -0.05) is 24.6 Å². The van der Waals surface area contributed by atoms with Gasteiger partial charge in [0.15, 0.2) is 0 Å². The van der Waals surface area contributed by atoms with E-state index in [0.717, 1.165) is 35.9 Å².